The Morgan fingerprint density at radius 2 is 2.05 bits per heavy atom. The van der Waals surface area contributed by atoms with Crippen LogP contribution in [0.15, 0.2) is 6.08 Å². The van der Waals surface area contributed by atoms with E-state index in [-0.39, 0.29) is 0 Å². The van der Waals surface area contributed by atoms with E-state index in [9.17, 15) is 4.79 Å². The first-order chi connectivity index (χ1) is 10.0. The maximum absolute atomic E-state index is 10.7. The Morgan fingerprint density at radius 3 is 2.57 bits per heavy atom. The molecular weight excluding hydrogens is 286 g/mol. The molecule has 1 aromatic heterocycles. The first kappa shape index (κ1) is 16.0. The van der Waals surface area contributed by atoms with Crippen molar-refractivity contribution >= 4 is 28.5 Å². The summed E-state index contributed by atoms with van der Waals surface area (Å²) < 4.78 is 0. The molecule has 0 amide bonds. The largest absolute Gasteiger partial charge is 0.478 e. The molecule has 0 atom stereocenters. The smallest absolute Gasteiger partial charge is 0.328 e. The number of thiazole rings is 1. The molecule has 1 aromatic rings. The second-order valence-corrected chi connectivity index (χ2v) is 6.50. The van der Waals surface area contributed by atoms with Crippen molar-refractivity contribution in [2.75, 3.05) is 37.6 Å². The molecule has 1 N–H and O–H groups in total. The fraction of sp³-hybridized carbons (Fsp3) is 0.600. The number of aliphatic carboxylic acids is 1. The van der Waals surface area contributed by atoms with Crippen LogP contribution in [0.5, 0.6) is 0 Å². The molecule has 1 aliphatic heterocycles. The van der Waals surface area contributed by atoms with Gasteiger partial charge in [0, 0.05) is 32.3 Å². The Labute approximate surface area is 129 Å². The molecule has 6 heteroatoms. The van der Waals surface area contributed by atoms with Crippen LogP contribution in [-0.4, -0.2) is 53.7 Å². The van der Waals surface area contributed by atoms with E-state index in [1.165, 1.54) is 6.08 Å². The molecule has 0 spiro atoms. The lowest BCUT2D eigenvalue weighted by Gasteiger charge is -2.33. The molecule has 1 aliphatic rings. The van der Waals surface area contributed by atoms with Gasteiger partial charge in [0.1, 0.15) is 0 Å². The lowest BCUT2D eigenvalue weighted by atomic mass is 10.1. The van der Waals surface area contributed by atoms with Crippen LogP contribution in [0, 0.1) is 0 Å². The minimum atomic E-state index is -0.920. The first-order valence-corrected chi connectivity index (χ1v) is 8.22. The van der Waals surface area contributed by atoms with Crippen LogP contribution in [0.1, 0.15) is 37.3 Å². The molecule has 1 saturated heterocycles. The van der Waals surface area contributed by atoms with Crippen molar-refractivity contribution in [1.82, 2.24) is 9.88 Å². The standard InChI is InChI=1S/C15H23N3O2S/c1-4-17-7-9-18(10-8-17)15-16-14(11(2)3)12(21-15)5-6-13(19)20/h5-6,11H,4,7-10H2,1-3H3,(H,19,20)/b6-5+. The van der Waals surface area contributed by atoms with Crippen molar-refractivity contribution in [3.05, 3.63) is 16.6 Å². The maximum Gasteiger partial charge on any atom is 0.328 e. The van der Waals surface area contributed by atoms with Gasteiger partial charge >= 0.3 is 5.97 Å². The number of nitrogens with zero attached hydrogens (tertiary/aromatic N) is 3. The van der Waals surface area contributed by atoms with E-state index >= 15 is 0 Å². The number of likely N-dealkylation sites (N-methyl/N-ethyl adjacent to an activating group) is 1. The first-order valence-electron chi connectivity index (χ1n) is 7.40. The quantitative estimate of drug-likeness (QED) is 0.847. The molecule has 5 nitrogen and oxygen atoms in total. The van der Waals surface area contributed by atoms with Gasteiger partial charge in [0.2, 0.25) is 0 Å². The summed E-state index contributed by atoms with van der Waals surface area (Å²) in [5.74, 6) is -0.628. The van der Waals surface area contributed by atoms with Gasteiger partial charge in [-0.15, -0.1) is 0 Å². The van der Waals surface area contributed by atoms with Gasteiger partial charge in [-0.2, -0.15) is 0 Å². The van der Waals surface area contributed by atoms with Crippen LogP contribution in [0.25, 0.3) is 6.08 Å². The number of aromatic nitrogens is 1. The lowest BCUT2D eigenvalue weighted by Crippen LogP contribution is -2.46. The summed E-state index contributed by atoms with van der Waals surface area (Å²) in [4.78, 5) is 21.2. The molecule has 0 radical (unpaired) electrons. The zero-order valence-corrected chi connectivity index (χ0v) is 13.7. The van der Waals surface area contributed by atoms with E-state index in [0.717, 1.165) is 48.4 Å². The Hall–Kier alpha value is -1.40. The number of carboxylic acids is 1. The highest BCUT2D eigenvalue weighted by Gasteiger charge is 2.21. The summed E-state index contributed by atoms with van der Waals surface area (Å²) in [6.07, 6.45) is 2.86. The Kier molecular flexibility index (Phi) is 5.36. The summed E-state index contributed by atoms with van der Waals surface area (Å²) in [5, 5.41) is 9.81. The molecule has 0 aromatic carbocycles. The highest BCUT2D eigenvalue weighted by Crippen LogP contribution is 2.32. The minimum Gasteiger partial charge on any atom is -0.478 e. The molecule has 0 unspecified atom stereocenters. The van der Waals surface area contributed by atoms with Crippen molar-refractivity contribution in [3.63, 3.8) is 0 Å². The van der Waals surface area contributed by atoms with E-state index < -0.39 is 5.97 Å². The maximum atomic E-state index is 10.7. The third kappa shape index (κ3) is 4.04. The monoisotopic (exact) mass is 309 g/mol. The zero-order chi connectivity index (χ0) is 15.4. The molecule has 0 aliphatic carbocycles. The molecule has 0 bridgehead atoms. The van der Waals surface area contributed by atoms with E-state index in [1.807, 2.05) is 0 Å². The average molecular weight is 309 g/mol. The van der Waals surface area contributed by atoms with Gasteiger partial charge in [-0.05, 0) is 18.5 Å². The van der Waals surface area contributed by atoms with E-state index in [2.05, 4.69) is 30.6 Å². The summed E-state index contributed by atoms with van der Waals surface area (Å²) in [6.45, 7) is 11.6. The van der Waals surface area contributed by atoms with Crippen molar-refractivity contribution in [1.29, 1.82) is 0 Å². The second kappa shape index (κ2) is 7.04. The number of piperazine rings is 1. The number of rotatable bonds is 5. The van der Waals surface area contributed by atoms with Gasteiger partial charge < -0.3 is 14.9 Å². The Bertz CT molecular complexity index is 517. The zero-order valence-electron chi connectivity index (χ0n) is 12.9. The predicted molar refractivity (Wildman–Crippen MR) is 87.2 cm³/mol. The van der Waals surface area contributed by atoms with Gasteiger partial charge in [-0.1, -0.05) is 32.1 Å². The van der Waals surface area contributed by atoms with Crippen LogP contribution in [-0.2, 0) is 4.79 Å². The highest BCUT2D eigenvalue weighted by atomic mass is 32.1. The topological polar surface area (TPSA) is 56.7 Å². The van der Waals surface area contributed by atoms with E-state index in [1.54, 1.807) is 17.4 Å². The molecule has 2 rings (SSSR count). The number of hydrogen-bond donors (Lipinski definition) is 1. The highest BCUT2D eigenvalue weighted by molar-refractivity contribution is 7.16. The Morgan fingerprint density at radius 1 is 1.38 bits per heavy atom. The molecular formula is C15H23N3O2S. The minimum absolute atomic E-state index is 0.292. The van der Waals surface area contributed by atoms with E-state index in [0.29, 0.717) is 5.92 Å². The van der Waals surface area contributed by atoms with Gasteiger partial charge in [0.15, 0.2) is 5.13 Å². The van der Waals surface area contributed by atoms with Gasteiger partial charge in [-0.25, -0.2) is 9.78 Å². The lowest BCUT2D eigenvalue weighted by molar-refractivity contribution is -0.131. The Balaban J connectivity index is 2.17. The molecule has 1 fully saturated rings. The summed E-state index contributed by atoms with van der Waals surface area (Å²) in [7, 11) is 0. The summed E-state index contributed by atoms with van der Waals surface area (Å²) in [5.41, 5.74) is 0.991. The van der Waals surface area contributed by atoms with Crippen LogP contribution in [0.3, 0.4) is 0 Å². The van der Waals surface area contributed by atoms with Gasteiger partial charge in [-0.3, -0.25) is 0 Å². The van der Waals surface area contributed by atoms with Gasteiger partial charge in [0.25, 0.3) is 0 Å². The normalized spacial score (nSPS) is 17.0. The van der Waals surface area contributed by atoms with Crippen molar-refractivity contribution in [2.45, 2.75) is 26.7 Å². The number of carboxylic acid groups (broad SMARTS) is 1. The molecule has 2 heterocycles. The second-order valence-electron chi connectivity index (χ2n) is 5.49. The van der Waals surface area contributed by atoms with Gasteiger partial charge in [0.05, 0.1) is 10.6 Å². The third-order valence-electron chi connectivity index (χ3n) is 3.68. The fourth-order valence-electron chi connectivity index (χ4n) is 2.40. The van der Waals surface area contributed by atoms with Crippen molar-refractivity contribution in [2.24, 2.45) is 0 Å². The van der Waals surface area contributed by atoms with Crippen LogP contribution >= 0.6 is 11.3 Å². The fourth-order valence-corrected chi connectivity index (χ4v) is 3.58. The number of anilines is 1. The molecule has 0 saturated carbocycles. The van der Waals surface area contributed by atoms with Crippen LogP contribution in [0.4, 0.5) is 5.13 Å². The van der Waals surface area contributed by atoms with Crippen LogP contribution < -0.4 is 4.90 Å². The van der Waals surface area contributed by atoms with Crippen molar-refractivity contribution in [3.8, 4) is 0 Å². The van der Waals surface area contributed by atoms with Crippen LogP contribution in [0.2, 0.25) is 0 Å². The average Bonchev–Trinajstić information content (AvgIpc) is 2.89. The molecule has 116 valence electrons. The van der Waals surface area contributed by atoms with E-state index in [4.69, 9.17) is 10.1 Å². The predicted octanol–water partition coefficient (Wildman–Crippen LogP) is 2.51. The SMILES string of the molecule is CCN1CCN(c2nc(C(C)C)c(/C=C/C(=O)O)s2)CC1. The number of hydrogen-bond acceptors (Lipinski definition) is 5. The molecule has 21 heavy (non-hydrogen) atoms. The van der Waals surface area contributed by atoms with Crippen molar-refractivity contribution < 1.29 is 9.90 Å². The third-order valence-corrected chi connectivity index (χ3v) is 4.78. The number of carbonyl (C=O) groups is 1. The summed E-state index contributed by atoms with van der Waals surface area (Å²) in [6, 6.07) is 0. The summed E-state index contributed by atoms with van der Waals surface area (Å²) >= 11 is 1.59.